The van der Waals surface area contributed by atoms with Crippen molar-refractivity contribution in [3.63, 3.8) is 0 Å². The fourth-order valence-corrected chi connectivity index (χ4v) is 0.905. The molecule has 0 saturated heterocycles. The molecule has 1 N–H and O–H groups in total. The van der Waals surface area contributed by atoms with Crippen LogP contribution in [0.4, 0.5) is 26.3 Å². The second kappa shape index (κ2) is 3.76. The van der Waals surface area contributed by atoms with Crippen LogP contribution in [0.25, 0.3) is 0 Å². The summed E-state index contributed by atoms with van der Waals surface area (Å²) in [7, 11) is 0. The quantitative estimate of drug-likeness (QED) is 0.770. The van der Waals surface area contributed by atoms with Crippen LogP contribution in [-0.2, 0) is 6.18 Å². The molecule has 0 aliphatic carbocycles. The highest BCUT2D eigenvalue weighted by Crippen LogP contribution is 2.37. The lowest BCUT2D eigenvalue weighted by molar-refractivity contribution is -0.275. The van der Waals surface area contributed by atoms with E-state index in [4.69, 9.17) is 5.11 Å². The molecule has 0 aromatic heterocycles. The summed E-state index contributed by atoms with van der Waals surface area (Å²) < 4.78 is 74.6. The van der Waals surface area contributed by atoms with Gasteiger partial charge in [-0.15, -0.1) is 13.2 Å². The van der Waals surface area contributed by atoms with Crippen molar-refractivity contribution in [2.45, 2.75) is 12.5 Å². The zero-order valence-corrected chi connectivity index (χ0v) is 7.36. The summed E-state index contributed by atoms with van der Waals surface area (Å²) in [5, 5.41) is 8.89. The highest BCUT2D eigenvalue weighted by Gasteiger charge is 2.34. The van der Waals surface area contributed by atoms with E-state index in [1.54, 1.807) is 0 Å². The van der Waals surface area contributed by atoms with Crippen molar-refractivity contribution in [3.8, 4) is 11.5 Å². The number of rotatable bonds is 1. The molecule has 90 valence electrons. The minimum atomic E-state index is -5.07. The lowest BCUT2D eigenvalue weighted by Gasteiger charge is -2.12. The molecule has 0 saturated carbocycles. The molecule has 0 amide bonds. The van der Waals surface area contributed by atoms with Crippen LogP contribution >= 0.6 is 0 Å². The third-order valence-electron chi connectivity index (χ3n) is 1.51. The third-order valence-corrected chi connectivity index (χ3v) is 1.51. The van der Waals surface area contributed by atoms with Gasteiger partial charge >= 0.3 is 12.5 Å². The lowest BCUT2D eigenvalue weighted by Crippen LogP contribution is -2.17. The maximum atomic E-state index is 12.1. The summed E-state index contributed by atoms with van der Waals surface area (Å²) >= 11 is 0. The van der Waals surface area contributed by atoms with Gasteiger partial charge in [-0.2, -0.15) is 13.2 Å². The smallest absolute Gasteiger partial charge is 0.504 e. The number of phenols is 1. The molecular weight excluding hydrogens is 242 g/mol. The van der Waals surface area contributed by atoms with Gasteiger partial charge in [0.05, 0.1) is 5.56 Å². The molecular formula is C8H4F6O2. The van der Waals surface area contributed by atoms with Crippen molar-refractivity contribution in [1.29, 1.82) is 0 Å². The molecule has 1 aromatic carbocycles. The fourth-order valence-electron chi connectivity index (χ4n) is 0.905. The minimum Gasteiger partial charge on any atom is -0.504 e. The summed E-state index contributed by atoms with van der Waals surface area (Å²) in [5.74, 6) is -2.31. The average molecular weight is 246 g/mol. The Morgan fingerprint density at radius 1 is 1.00 bits per heavy atom. The van der Waals surface area contributed by atoms with Crippen LogP contribution in [-0.4, -0.2) is 11.5 Å². The van der Waals surface area contributed by atoms with Gasteiger partial charge in [-0.1, -0.05) is 0 Å². The number of alkyl halides is 6. The first-order chi connectivity index (χ1) is 7.09. The van der Waals surface area contributed by atoms with Gasteiger partial charge in [0.15, 0.2) is 11.5 Å². The summed E-state index contributed by atoms with van der Waals surface area (Å²) in [4.78, 5) is 0. The predicted molar refractivity (Wildman–Crippen MR) is 39.8 cm³/mol. The summed E-state index contributed by atoms with van der Waals surface area (Å²) in [6.07, 6.45) is -9.81. The van der Waals surface area contributed by atoms with Crippen LogP contribution in [0.15, 0.2) is 18.2 Å². The normalized spacial score (nSPS) is 12.6. The molecule has 0 radical (unpaired) electrons. The number of hydrogen-bond acceptors (Lipinski definition) is 2. The first-order valence-corrected chi connectivity index (χ1v) is 3.75. The molecule has 1 aromatic rings. The molecule has 2 nitrogen and oxygen atoms in total. The Hall–Kier alpha value is -1.60. The van der Waals surface area contributed by atoms with E-state index in [0.29, 0.717) is 12.1 Å². The Morgan fingerprint density at radius 3 is 1.94 bits per heavy atom. The number of halogens is 6. The Kier molecular flexibility index (Phi) is 2.93. The van der Waals surface area contributed by atoms with Gasteiger partial charge in [0.2, 0.25) is 0 Å². The predicted octanol–water partition coefficient (Wildman–Crippen LogP) is 3.31. The van der Waals surface area contributed by atoms with Crippen LogP contribution in [0.3, 0.4) is 0 Å². The second-order valence-corrected chi connectivity index (χ2v) is 2.73. The molecule has 0 aliphatic rings. The Bertz CT molecular complexity index is 381. The van der Waals surface area contributed by atoms with E-state index in [-0.39, 0.29) is 6.07 Å². The second-order valence-electron chi connectivity index (χ2n) is 2.73. The van der Waals surface area contributed by atoms with Gasteiger partial charge in [-0.25, -0.2) is 0 Å². The molecule has 1 rings (SSSR count). The topological polar surface area (TPSA) is 29.5 Å². The fraction of sp³-hybridized carbons (Fsp3) is 0.250. The zero-order valence-electron chi connectivity index (χ0n) is 7.36. The number of aromatic hydroxyl groups is 1. The first-order valence-electron chi connectivity index (χ1n) is 3.75. The number of hydrogen-bond donors (Lipinski definition) is 1. The van der Waals surface area contributed by atoms with Gasteiger partial charge in [0.25, 0.3) is 0 Å². The Morgan fingerprint density at radius 2 is 1.56 bits per heavy atom. The van der Waals surface area contributed by atoms with E-state index in [2.05, 4.69) is 4.74 Å². The van der Waals surface area contributed by atoms with Crippen molar-refractivity contribution < 1.29 is 36.2 Å². The van der Waals surface area contributed by atoms with E-state index in [1.807, 2.05) is 0 Å². The number of phenolic OH excluding ortho intramolecular Hbond substituents is 1. The van der Waals surface area contributed by atoms with Crippen molar-refractivity contribution in [1.82, 2.24) is 0 Å². The summed E-state index contributed by atoms with van der Waals surface area (Å²) in [6.45, 7) is 0. The van der Waals surface area contributed by atoms with Crippen LogP contribution < -0.4 is 4.74 Å². The first kappa shape index (κ1) is 12.5. The molecule has 16 heavy (non-hydrogen) atoms. The van der Waals surface area contributed by atoms with Gasteiger partial charge in [-0.3, -0.25) is 0 Å². The average Bonchev–Trinajstić information content (AvgIpc) is 2.04. The van der Waals surface area contributed by atoms with Gasteiger partial charge < -0.3 is 9.84 Å². The van der Waals surface area contributed by atoms with Gasteiger partial charge in [0, 0.05) is 0 Å². The van der Waals surface area contributed by atoms with Crippen LogP contribution in [0.5, 0.6) is 11.5 Å². The van der Waals surface area contributed by atoms with E-state index in [1.165, 1.54) is 0 Å². The lowest BCUT2D eigenvalue weighted by atomic mass is 10.2. The Labute approximate surface area is 85.1 Å². The third kappa shape index (κ3) is 3.21. The molecule has 0 fully saturated rings. The molecule has 0 heterocycles. The zero-order chi connectivity index (χ0) is 12.6. The molecule has 0 spiro atoms. The van der Waals surface area contributed by atoms with Crippen molar-refractivity contribution in [3.05, 3.63) is 23.8 Å². The standard InChI is InChI=1S/C8H4F6O2/c9-7(10,11)4-1-2-6(5(15)3-4)16-8(12,13)14/h1-3,15H. The van der Waals surface area contributed by atoms with Crippen LogP contribution in [0, 0.1) is 0 Å². The van der Waals surface area contributed by atoms with Crippen LogP contribution in [0.2, 0.25) is 0 Å². The van der Waals surface area contributed by atoms with E-state index in [0.717, 1.165) is 0 Å². The molecule has 0 bridgehead atoms. The van der Waals surface area contributed by atoms with E-state index in [9.17, 15) is 26.3 Å². The monoisotopic (exact) mass is 246 g/mol. The highest BCUT2D eigenvalue weighted by atomic mass is 19.4. The molecule has 0 aliphatic heterocycles. The molecule has 0 unspecified atom stereocenters. The van der Waals surface area contributed by atoms with Crippen LogP contribution in [0.1, 0.15) is 5.56 Å². The van der Waals surface area contributed by atoms with Crippen molar-refractivity contribution in [2.24, 2.45) is 0 Å². The van der Waals surface area contributed by atoms with Gasteiger partial charge in [-0.05, 0) is 18.2 Å². The van der Waals surface area contributed by atoms with Gasteiger partial charge in [0.1, 0.15) is 0 Å². The van der Waals surface area contributed by atoms with E-state index >= 15 is 0 Å². The van der Waals surface area contributed by atoms with E-state index < -0.39 is 29.6 Å². The summed E-state index contributed by atoms with van der Waals surface area (Å²) in [5.41, 5.74) is -1.26. The number of benzene rings is 1. The highest BCUT2D eigenvalue weighted by molar-refractivity contribution is 5.42. The van der Waals surface area contributed by atoms with Crippen molar-refractivity contribution >= 4 is 0 Å². The number of ether oxygens (including phenoxy) is 1. The molecule has 8 heteroatoms. The maximum Gasteiger partial charge on any atom is 0.573 e. The molecule has 0 atom stereocenters. The van der Waals surface area contributed by atoms with Crippen molar-refractivity contribution in [2.75, 3.05) is 0 Å². The Balaban J connectivity index is 3.01. The maximum absolute atomic E-state index is 12.1. The largest absolute Gasteiger partial charge is 0.573 e. The summed E-state index contributed by atoms with van der Waals surface area (Å²) in [6, 6.07) is 0.924. The SMILES string of the molecule is Oc1cc(C(F)(F)F)ccc1OC(F)(F)F. The minimum absolute atomic E-state index is 0.154.